The van der Waals surface area contributed by atoms with Gasteiger partial charge in [-0.3, -0.25) is 9.59 Å². The number of thiophene rings is 1. The normalized spacial score (nSPS) is 12.9. The molecule has 2 heterocycles. The molecule has 1 N–H and O–H groups in total. The van der Waals surface area contributed by atoms with Crippen LogP contribution in [0.15, 0.2) is 23.1 Å². The number of anilines is 1. The summed E-state index contributed by atoms with van der Waals surface area (Å²) in [4.78, 5) is 22.1. The minimum absolute atomic E-state index is 0.125. The SMILES string of the molecule is CC(F)Cn1cc(NC(=O)c2cc(Cl)c(C(F)(F)F)s2)cc(F)c1=O. The molecule has 0 aromatic carbocycles. The van der Waals surface area contributed by atoms with Crippen LogP contribution in [0.25, 0.3) is 0 Å². The van der Waals surface area contributed by atoms with E-state index in [0.29, 0.717) is 6.07 Å². The Labute approximate surface area is 146 Å². The van der Waals surface area contributed by atoms with E-state index in [-0.39, 0.29) is 21.9 Å². The number of carbonyl (C=O) groups excluding carboxylic acids is 1. The molecule has 4 nitrogen and oxygen atoms in total. The average molecular weight is 401 g/mol. The molecule has 0 aliphatic rings. The number of rotatable bonds is 4. The maximum atomic E-state index is 13.6. The average Bonchev–Trinajstić information content (AvgIpc) is 2.86. The highest BCUT2D eigenvalue weighted by Gasteiger charge is 2.36. The molecule has 136 valence electrons. The maximum Gasteiger partial charge on any atom is 0.427 e. The van der Waals surface area contributed by atoms with Crippen LogP contribution in [-0.4, -0.2) is 16.6 Å². The van der Waals surface area contributed by atoms with E-state index in [1.54, 1.807) is 0 Å². The highest BCUT2D eigenvalue weighted by Crippen LogP contribution is 2.40. The summed E-state index contributed by atoms with van der Waals surface area (Å²) in [5.74, 6) is -2.21. The Morgan fingerprint density at radius 1 is 1.40 bits per heavy atom. The number of hydrogen-bond acceptors (Lipinski definition) is 3. The lowest BCUT2D eigenvalue weighted by atomic mass is 10.3. The number of halogens is 6. The number of carbonyl (C=O) groups is 1. The monoisotopic (exact) mass is 400 g/mol. The number of nitrogens with zero attached hydrogens (tertiary/aromatic N) is 1. The summed E-state index contributed by atoms with van der Waals surface area (Å²) < 4.78 is 65.4. The minimum atomic E-state index is -4.71. The molecule has 0 saturated carbocycles. The third kappa shape index (κ3) is 4.57. The Morgan fingerprint density at radius 2 is 2.04 bits per heavy atom. The van der Waals surface area contributed by atoms with Gasteiger partial charge in [-0.2, -0.15) is 13.2 Å². The van der Waals surface area contributed by atoms with Crippen LogP contribution in [0.1, 0.15) is 21.5 Å². The summed E-state index contributed by atoms with van der Waals surface area (Å²) in [6.07, 6.45) is -5.16. The molecular weight excluding hydrogens is 391 g/mol. The van der Waals surface area contributed by atoms with Crippen LogP contribution < -0.4 is 10.9 Å². The predicted molar refractivity (Wildman–Crippen MR) is 83.5 cm³/mol. The van der Waals surface area contributed by atoms with Crippen molar-refractivity contribution in [1.29, 1.82) is 0 Å². The van der Waals surface area contributed by atoms with Crippen molar-refractivity contribution in [2.24, 2.45) is 0 Å². The smallest absolute Gasteiger partial charge is 0.320 e. The van der Waals surface area contributed by atoms with Crippen LogP contribution in [0.5, 0.6) is 0 Å². The van der Waals surface area contributed by atoms with Gasteiger partial charge in [0.1, 0.15) is 11.0 Å². The molecule has 0 aliphatic carbocycles. The van der Waals surface area contributed by atoms with Gasteiger partial charge in [-0.1, -0.05) is 11.6 Å². The maximum absolute atomic E-state index is 13.6. The van der Waals surface area contributed by atoms with Crippen LogP contribution in [0.4, 0.5) is 27.6 Å². The summed E-state index contributed by atoms with van der Waals surface area (Å²) in [5, 5.41) is 1.52. The van der Waals surface area contributed by atoms with Crippen molar-refractivity contribution in [2.75, 3.05) is 5.32 Å². The van der Waals surface area contributed by atoms with Crippen molar-refractivity contribution in [3.63, 3.8) is 0 Å². The number of nitrogens with one attached hydrogen (secondary N) is 1. The number of amides is 1. The van der Waals surface area contributed by atoms with E-state index >= 15 is 0 Å². The summed E-state index contributed by atoms with van der Waals surface area (Å²) in [6, 6.07) is 1.53. The first kappa shape index (κ1) is 19.4. The first-order valence-electron chi connectivity index (χ1n) is 6.71. The van der Waals surface area contributed by atoms with E-state index in [1.807, 2.05) is 0 Å². The van der Waals surface area contributed by atoms with Gasteiger partial charge in [-0.25, -0.2) is 8.78 Å². The van der Waals surface area contributed by atoms with Gasteiger partial charge in [-0.05, 0) is 13.0 Å². The molecule has 0 radical (unpaired) electrons. The second kappa shape index (κ2) is 7.12. The van der Waals surface area contributed by atoms with Gasteiger partial charge in [-0.15, -0.1) is 11.3 Å². The van der Waals surface area contributed by atoms with E-state index in [9.17, 15) is 31.5 Å². The fourth-order valence-electron chi connectivity index (χ4n) is 1.94. The van der Waals surface area contributed by atoms with Crippen LogP contribution in [0.3, 0.4) is 0 Å². The number of hydrogen-bond donors (Lipinski definition) is 1. The third-order valence-electron chi connectivity index (χ3n) is 2.92. The first-order valence-corrected chi connectivity index (χ1v) is 7.90. The van der Waals surface area contributed by atoms with Gasteiger partial charge < -0.3 is 9.88 Å². The number of aromatic nitrogens is 1. The summed E-state index contributed by atoms with van der Waals surface area (Å²) in [7, 11) is 0. The zero-order chi connectivity index (χ0) is 18.9. The van der Waals surface area contributed by atoms with Gasteiger partial charge in [0.05, 0.1) is 22.1 Å². The lowest BCUT2D eigenvalue weighted by Gasteiger charge is -2.10. The molecule has 0 fully saturated rings. The molecule has 1 atom stereocenters. The molecule has 1 unspecified atom stereocenters. The molecule has 2 rings (SSSR count). The summed E-state index contributed by atoms with van der Waals surface area (Å²) in [5.41, 5.74) is -1.29. The predicted octanol–water partition coefficient (Wildman–Crippen LogP) is 4.33. The molecule has 0 spiro atoms. The molecular formula is C14H10ClF5N2O2S. The van der Waals surface area contributed by atoms with Crippen molar-refractivity contribution in [2.45, 2.75) is 25.8 Å². The summed E-state index contributed by atoms with van der Waals surface area (Å²) >= 11 is 5.59. The molecule has 25 heavy (non-hydrogen) atoms. The first-order chi connectivity index (χ1) is 11.5. The van der Waals surface area contributed by atoms with Gasteiger partial charge >= 0.3 is 6.18 Å². The highest BCUT2D eigenvalue weighted by atomic mass is 35.5. The number of pyridine rings is 1. The molecule has 2 aromatic heterocycles. The second-order valence-corrected chi connectivity index (χ2v) is 6.51. The van der Waals surface area contributed by atoms with Gasteiger partial charge in [0, 0.05) is 12.3 Å². The minimum Gasteiger partial charge on any atom is -0.320 e. The fraction of sp³-hybridized carbons (Fsp3) is 0.286. The zero-order valence-electron chi connectivity index (χ0n) is 12.5. The Hall–Kier alpha value is -1.94. The largest absolute Gasteiger partial charge is 0.427 e. The van der Waals surface area contributed by atoms with E-state index < -0.39 is 46.1 Å². The lowest BCUT2D eigenvalue weighted by Crippen LogP contribution is -2.26. The molecule has 0 bridgehead atoms. The third-order valence-corrected chi connectivity index (χ3v) is 4.51. The zero-order valence-corrected chi connectivity index (χ0v) is 14.0. The van der Waals surface area contributed by atoms with Gasteiger partial charge in [0.25, 0.3) is 11.5 Å². The van der Waals surface area contributed by atoms with Crippen LogP contribution in [-0.2, 0) is 12.7 Å². The van der Waals surface area contributed by atoms with E-state index in [2.05, 4.69) is 5.32 Å². The Morgan fingerprint density at radius 3 is 2.56 bits per heavy atom. The Balaban J connectivity index is 2.29. The van der Waals surface area contributed by atoms with Crippen molar-refractivity contribution in [3.8, 4) is 0 Å². The number of alkyl halides is 4. The van der Waals surface area contributed by atoms with Crippen molar-refractivity contribution >= 4 is 34.5 Å². The van der Waals surface area contributed by atoms with E-state index in [1.165, 1.54) is 0 Å². The Kier molecular flexibility index (Phi) is 5.52. The molecule has 11 heteroatoms. The van der Waals surface area contributed by atoms with Gasteiger partial charge in [0.2, 0.25) is 0 Å². The topological polar surface area (TPSA) is 51.1 Å². The van der Waals surface area contributed by atoms with Crippen molar-refractivity contribution < 1.29 is 26.7 Å². The fourth-order valence-corrected chi connectivity index (χ4v) is 3.15. The van der Waals surface area contributed by atoms with Crippen LogP contribution in [0, 0.1) is 5.82 Å². The standard InChI is InChI=1S/C14H10ClF5N2O2S/c1-6(16)4-22-5-7(2-9(17)13(22)24)21-12(23)10-3-8(15)11(25-10)14(18,19)20/h2-3,5-6H,4H2,1H3,(H,21,23). The molecule has 2 aromatic rings. The van der Waals surface area contributed by atoms with Crippen LogP contribution >= 0.6 is 22.9 Å². The Bertz CT molecular complexity index is 860. The van der Waals surface area contributed by atoms with E-state index in [4.69, 9.17) is 11.6 Å². The molecule has 1 amide bonds. The summed E-state index contributed by atoms with van der Waals surface area (Å²) in [6.45, 7) is 0.713. The van der Waals surface area contributed by atoms with Gasteiger partial charge in [0.15, 0.2) is 5.82 Å². The second-order valence-electron chi connectivity index (χ2n) is 5.05. The quantitative estimate of drug-likeness (QED) is 0.777. The highest BCUT2D eigenvalue weighted by molar-refractivity contribution is 7.14. The molecule has 0 saturated heterocycles. The van der Waals surface area contributed by atoms with Crippen molar-refractivity contribution in [1.82, 2.24) is 4.57 Å². The molecule has 0 aliphatic heterocycles. The van der Waals surface area contributed by atoms with Crippen molar-refractivity contribution in [3.05, 3.63) is 49.3 Å². The van der Waals surface area contributed by atoms with Crippen LogP contribution in [0.2, 0.25) is 5.02 Å². The van der Waals surface area contributed by atoms with E-state index in [0.717, 1.165) is 23.8 Å². The lowest BCUT2D eigenvalue weighted by molar-refractivity contribution is -0.134.